The lowest BCUT2D eigenvalue weighted by Gasteiger charge is -2.10. The van der Waals surface area contributed by atoms with E-state index in [0.717, 1.165) is 18.2 Å². The van der Waals surface area contributed by atoms with Crippen LogP contribution in [0.1, 0.15) is 26.3 Å². The van der Waals surface area contributed by atoms with Gasteiger partial charge in [0.25, 0.3) is 0 Å². The number of benzene rings is 3. The molecule has 1 aliphatic heterocycles. The van der Waals surface area contributed by atoms with Crippen molar-refractivity contribution in [3.63, 3.8) is 0 Å². The van der Waals surface area contributed by atoms with Gasteiger partial charge in [0.2, 0.25) is 0 Å². The Morgan fingerprint density at radius 1 is 1.00 bits per heavy atom. The SMILES string of the molecule is O=C(Oc1ccc2c3c(cccc13)C(=O)O2)c1cccc(C(F)(F)F)c1. The van der Waals surface area contributed by atoms with E-state index in [0.29, 0.717) is 22.1 Å². The second-order valence-corrected chi connectivity index (χ2v) is 5.65. The van der Waals surface area contributed by atoms with Crippen LogP contribution in [-0.4, -0.2) is 11.9 Å². The maximum atomic E-state index is 12.8. The lowest BCUT2D eigenvalue weighted by atomic mass is 10.0. The average Bonchev–Trinajstić information content (AvgIpc) is 2.94. The van der Waals surface area contributed by atoms with Crippen molar-refractivity contribution >= 4 is 22.7 Å². The number of hydrogen-bond acceptors (Lipinski definition) is 4. The van der Waals surface area contributed by atoms with E-state index in [1.807, 2.05) is 0 Å². The molecular formula is C19H9F3O4. The molecule has 0 saturated carbocycles. The summed E-state index contributed by atoms with van der Waals surface area (Å²) in [6.07, 6.45) is -4.56. The molecule has 0 aliphatic carbocycles. The third-order valence-corrected chi connectivity index (χ3v) is 4.01. The number of esters is 2. The van der Waals surface area contributed by atoms with E-state index >= 15 is 0 Å². The predicted octanol–water partition coefficient (Wildman–Crippen LogP) is 4.61. The zero-order chi connectivity index (χ0) is 18.5. The van der Waals surface area contributed by atoms with E-state index in [2.05, 4.69) is 0 Å². The third-order valence-electron chi connectivity index (χ3n) is 4.01. The molecule has 0 fully saturated rings. The molecule has 3 aromatic carbocycles. The molecule has 0 bridgehead atoms. The number of ether oxygens (including phenoxy) is 2. The summed E-state index contributed by atoms with van der Waals surface area (Å²) in [5, 5.41) is 0.970. The minimum atomic E-state index is -4.56. The largest absolute Gasteiger partial charge is 0.422 e. The van der Waals surface area contributed by atoms with E-state index in [1.165, 1.54) is 18.2 Å². The molecule has 7 heteroatoms. The Balaban J connectivity index is 1.72. The van der Waals surface area contributed by atoms with Gasteiger partial charge in [-0.3, -0.25) is 0 Å². The maximum Gasteiger partial charge on any atom is 0.416 e. The maximum absolute atomic E-state index is 12.8. The average molecular weight is 358 g/mol. The molecule has 0 atom stereocenters. The van der Waals surface area contributed by atoms with Crippen molar-refractivity contribution in [2.24, 2.45) is 0 Å². The molecule has 4 nitrogen and oxygen atoms in total. The van der Waals surface area contributed by atoms with Crippen molar-refractivity contribution in [2.45, 2.75) is 6.18 Å². The Hall–Kier alpha value is -3.35. The van der Waals surface area contributed by atoms with Crippen LogP contribution in [0.4, 0.5) is 13.2 Å². The Labute approximate surface area is 144 Å². The van der Waals surface area contributed by atoms with Crippen molar-refractivity contribution in [1.82, 2.24) is 0 Å². The van der Waals surface area contributed by atoms with Gasteiger partial charge < -0.3 is 9.47 Å². The number of alkyl halides is 3. The highest BCUT2D eigenvalue weighted by molar-refractivity contribution is 6.14. The van der Waals surface area contributed by atoms with Crippen LogP contribution in [0.15, 0.2) is 54.6 Å². The van der Waals surface area contributed by atoms with Crippen molar-refractivity contribution in [2.75, 3.05) is 0 Å². The standard InChI is InChI=1S/C19H9F3O4/c20-19(21,22)11-4-1-3-10(9-11)17(23)25-14-7-8-15-16-12(14)5-2-6-13(16)18(24)26-15/h1-9H. The molecule has 0 N–H and O–H groups in total. The van der Waals surface area contributed by atoms with E-state index in [4.69, 9.17) is 9.47 Å². The van der Waals surface area contributed by atoms with Crippen molar-refractivity contribution in [3.8, 4) is 11.5 Å². The van der Waals surface area contributed by atoms with Crippen LogP contribution >= 0.6 is 0 Å². The summed E-state index contributed by atoms with van der Waals surface area (Å²) in [6, 6.07) is 11.7. The second kappa shape index (κ2) is 5.59. The molecular weight excluding hydrogens is 349 g/mol. The summed E-state index contributed by atoms with van der Waals surface area (Å²) in [4.78, 5) is 24.1. The van der Waals surface area contributed by atoms with Crippen LogP contribution in [0.25, 0.3) is 10.8 Å². The summed E-state index contributed by atoms with van der Waals surface area (Å²) in [5.41, 5.74) is -0.823. The molecule has 0 spiro atoms. The zero-order valence-electron chi connectivity index (χ0n) is 13.0. The van der Waals surface area contributed by atoms with Crippen molar-refractivity contribution < 1.29 is 32.2 Å². The number of halogens is 3. The molecule has 0 saturated heterocycles. The molecule has 1 heterocycles. The van der Waals surface area contributed by atoms with Crippen LogP contribution in [0.3, 0.4) is 0 Å². The quantitative estimate of drug-likeness (QED) is 0.496. The van der Waals surface area contributed by atoms with Crippen molar-refractivity contribution in [1.29, 1.82) is 0 Å². The predicted molar refractivity (Wildman–Crippen MR) is 85.3 cm³/mol. The first-order valence-corrected chi connectivity index (χ1v) is 7.52. The Kier molecular flexibility index (Phi) is 3.47. The third kappa shape index (κ3) is 2.57. The van der Waals surface area contributed by atoms with Gasteiger partial charge in [-0.25, -0.2) is 9.59 Å². The van der Waals surface area contributed by atoms with Gasteiger partial charge in [0.15, 0.2) is 0 Å². The van der Waals surface area contributed by atoms with Gasteiger partial charge in [0.05, 0.1) is 16.7 Å². The highest BCUT2D eigenvalue weighted by Crippen LogP contribution is 2.40. The molecule has 3 aromatic rings. The molecule has 0 amide bonds. The van der Waals surface area contributed by atoms with Gasteiger partial charge >= 0.3 is 18.1 Å². The van der Waals surface area contributed by atoms with Gasteiger partial charge in [-0.1, -0.05) is 18.2 Å². The fraction of sp³-hybridized carbons (Fsp3) is 0.0526. The lowest BCUT2D eigenvalue weighted by molar-refractivity contribution is -0.137. The molecule has 130 valence electrons. The minimum absolute atomic E-state index is 0.131. The van der Waals surface area contributed by atoms with Crippen LogP contribution in [0.5, 0.6) is 11.5 Å². The fourth-order valence-corrected chi connectivity index (χ4v) is 2.83. The van der Waals surface area contributed by atoms with E-state index in [1.54, 1.807) is 18.2 Å². The van der Waals surface area contributed by atoms with Crippen molar-refractivity contribution in [3.05, 3.63) is 71.3 Å². The summed E-state index contributed by atoms with van der Waals surface area (Å²) >= 11 is 0. The van der Waals surface area contributed by atoms with Gasteiger partial charge in [-0.2, -0.15) is 13.2 Å². The van der Waals surface area contributed by atoms with Crippen LogP contribution in [0.2, 0.25) is 0 Å². The normalized spacial score (nSPS) is 13.0. The Bertz CT molecular complexity index is 1070. The van der Waals surface area contributed by atoms with Crippen LogP contribution in [0, 0.1) is 0 Å². The van der Waals surface area contributed by atoms with Gasteiger partial charge in [0.1, 0.15) is 11.5 Å². The fourth-order valence-electron chi connectivity index (χ4n) is 2.83. The van der Waals surface area contributed by atoms with E-state index < -0.39 is 23.7 Å². The van der Waals surface area contributed by atoms with E-state index in [-0.39, 0.29) is 11.3 Å². The minimum Gasteiger partial charge on any atom is -0.422 e. The molecule has 0 unspecified atom stereocenters. The number of hydrogen-bond donors (Lipinski definition) is 0. The number of rotatable bonds is 2. The first kappa shape index (κ1) is 16.1. The summed E-state index contributed by atoms with van der Waals surface area (Å²) < 4.78 is 48.8. The molecule has 0 radical (unpaired) electrons. The lowest BCUT2D eigenvalue weighted by Crippen LogP contribution is -2.11. The highest BCUT2D eigenvalue weighted by atomic mass is 19.4. The first-order valence-electron chi connectivity index (χ1n) is 7.52. The summed E-state index contributed by atoms with van der Waals surface area (Å²) in [7, 11) is 0. The molecule has 26 heavy (non-hydrogen) atoms. The van der Waals surface area contributed by atoms with Crippen LogP contribution < -0.4 is 9.47 Å². The van der Waals surface area contributed by atoms with Crippen LogP contribution in [-0.2, 0) is 6.18 Å². The van der Waals surface area contributed by atoms with Gasteiger partial charge in [0, 0.05) is 10.8 Å². The summed E-state index contributed by atoms with van der Waals surface area (Å²) in [6.45, 7) is 0. The molecule has 1 aliphatic rings. The number of carbonyl (C=O) groups is 2. The number of carbonyl (C=O) groups excluding carboxylic acids is 2. The first-order chi connectivity index (χ1) is 12.3. The molecule has 4 rings (SSSR count). The Morgan fingerprint density at radius 2 is 1.77 bits per heavy atom. The zero-order valence-corrected chi connectivity index (χ0v) is 13.0. The van der Waals surface area contributed by atoms with Gasteiger partial charge in [-0.15, -0.1) is 0 Å². The summed E-state index contributed by atoms with van der Waals surface area (Å²) in [5.74, 6) is -0.959. The van der Waals surface area contributed by atoms with Gasteiger partial charge in [-0.05, 0) is 36.4 Å². The Morgan fingerprint density at radius 3 is 2.54 bits per heavy atom. The molecule has 0 aromatic heterocycles. The second-order valence-electron chi connectivity index (χ2n) is 5.65. The monoisotopic (exact) mass is 358 g/mol. The smallest absolute Gasteiger partial charge is 0.416 e. The van der Waals surface area contributed by atoms with E-state index in [9.17, 15) is 22.8 Å². The highest BCUT2D eigenvalue weighted by Gasteiger charge is 2.31. The topological polar surface area (TPSA) is 52.6 Å².